The molecule has 3 heteroatoms. The van der Waals surface area contributed by atoms with Crippen LogP contribution in [0.3, 0.4) is 0 Å². The van der Waals surface area contributed by atoms with E-state index in [0.717, 1.165) is 16.7 Å². The highest BCUT2D eigenvalue weighted by molar-refractivity contribution is 5.76. The van der Waals surface area contributed by atoms with Crippen molar-refractivity contribution in [1.82, 2.24) is 0 Å². The van der Waals surface area contributed by atoms with Crippen LogP contribution < -0.4 is 5.73 Å². The maximum atomic E-state index is 12.1. The van der Waals surface area contributed by atoms with Gasteiger partial charge in [-0.25, -0.2) is 0 Å². The van der Waals surface area contributed by atoms with E-state index in [4.69, 9.17) is 10.5 Å². The van der Waals surface area contributed by atoms with E-state index in [0.29, 0.717) is 6.42 Å². The first-order valence-corrected chi connectivity index (χ1v) is 8.68. The molecule has 26 heavy (non-hydrogen) atoms. The number of methoxy groups -OCH3 is 1. The van der Waals surface area contributed by atoms with Crippen molar-refractivity contribution < 1.29 is 9.53 Å². The van der Waals surface area contributed by atoms with Gasteiger partial charge in [-0.1, -0.05) is 91.0 Å². The van der Waals surface area contributed by atoms with E-state index in [1.165, 1.54) is 7.11 Å². The van der Waals surface area contributed by atoms with Crippen molar-refractivity contribution in [2.45, 2.75) is 17.9 Å². The molecule has 0 fully saturated rings. The molecule has 3 nitrogen and oxygen atoms in total. The number of ether oxygens (including phenoxy) is 1. The van der Waals surface area contributed by atoms with E-state index >= 15 is 0 Å². The van der Waals surface area contributed by atoms with Crippen LogP contribution >= 0.6 is 0 Å². The van der Waals surface area contributed by atoms with Gasteiger partial charge < -0.3 is 10.5 Å². The SMILES string of the molecule is COC(=O)C(N)CC(c1ccccc1)(c1ccccc1)c1ccccc1. The Bertz CT molecular complexity index is 735. The average molecular weight is 345 g/mol. The molecule has 0 aromatic heterocycles. The second-order valence-corrected chi connectivity index (χ2v) is 6.34. The number of carbonyl (C=O) groups excluding carboxylic acids is 1. The summed E-state index contributed by atoms with van der Waals surface area (Å²) in [5, 5.41) is 0. The third-order valence-electron chi connectivity index (χ3n) is 4.83. The van der Waals surface area contributed by atoms with Crippen LogP contribution in [0.1, 0.15) is 23.1 Å². The molecular weight excluding hydrogens is 322 g/mol. The lowest BCUT2D eigenvalue weighted by molar-refractivity contribution is -0.142. The summed E-state index contributed by atoms with van der Waals surface area (Å²) in [5.41, 5.74) is 8.99. The van der Waals surface area contributed by atoms with Crippen LogP contribution in [0.5, 0.6) is 0 Å². The molecule has 0 aliphatic carbocycles. The Morgan fingerprint density at radius 3 is 1.46 bits per heavy atom. The first kappa shape index (κ1) is 17.9. The molecule has 0 bridgehead atoms. The Labute approximate surface area is 154 Å². The zero-order valence-electron chi connectivity index (χ0n) is 14.8. The van der Waals surface area contributed by atoms with Gasteiger partial charge in [0.25, 0.3) is 0 Å². The summed E-state index contributed by atoms with van der Waals surface area (Å²) in [6.45, 7) is 0. The molecule has 3 aromatic rings. The Balaban J connectivity index is 2.26. The monoisotopic (exact) mass is 345 g/mol. The zero-order valence-corrected chi connectivity index (χ0v) is 14.8. The van der Waals surface area contributed by atoms with Gasteiger partial charge in [0.2, 0.25) is 0 Å². The number of rotatable bonds is 6. The Hall–Kier alpha value is -2.91. The van der Waals surface area contributed by atoms with Gasteiger partial charge in [-0.2, -0.15) is 0 Å². The van der Waals surface area contributed by atoms with E-state index in [1.807, 2.05) is 54.6 Å². The van der Waals surface area contributed by atoms with E-state index < -0.39 is 17.4 Å². The zero-order chi connectivity index (χ0) is 18.4. The predicted octanol–water partition coefficient (Wildman–Crippen LogP) is 3.91. The van der Waals surface area contributed by atoms with Gasteiger partial charge in [0.15, 0.2) is 0 Å². The first-order chi connectivity index (χ1) is 12.7. The van der Waals surface area contributed by atoms with E-state index in [-0.39, 0.29) is 0 Å². The summed E-state index contributed by atoms with van der Waals surface area (Å²) >= 11 is 0. The highest BCUT2D eigenvalue weighted by Crippen LogP contribution is 2.42. The fourth-order valence-electron chi connectivity index (χ4n) is 3.59. The second-order valence-electron chi connectivity index (χ2n) is 6.34. The summed E-state index contributed by atoms with van der Waals surface area (Å²) in [7, 11) is 1.37. The van der Waals surface area contributed by atoms with Crippen molar-refractivity contribution in [1.29, 1.82) is 0 Å². The second kappa shape index (κ2) is 7.98. The minimum atomic E-state index is -0.736. The molecule has 132 valence electrons. The molecule has 3 rings (SSSR count). The fraction of sp³-hybridized carbons (Fsp3) is 0.174. The largest absolute Gasteiger partial charge is 0.468 e. The molecule has 1 atom stereocenters. The third kappa shape index (κ3) is 3.39. The minimum Gasteiger partial charge on any atom is -0.468 e. The average Bonchev–Trinajstić information content (AvgIpc) is 2.73. The van der Waals surface area contributed by atoms with Crippen LogP contribution in [-0.4, -0.2) is 19.1 Å². The molecule has 0 aliphatic rings. The molecule has 0 radical (unpaired) electrons. The van der Waals surface area contributed by atoms with Crippen molar-refractivity contribution in [3.05, 3.63) is 108 Å². The number of nitrogens with two attached hydrogens (primary N) is 1. The molecular formula is C23H23NO2. The maximum absolute atomic E-state index is 12.1. The minimum absolute atomic E-state index is 0.405. The molecule has 0 saturated carbocycles. The van der Waals surface area contributed by atoms with Gasteiger partial charge in [-0.05, 0) is 23.1 Å². The van der Waals surface area contributed by atoms with Crippen molar-refractivity contribution in [3.8, 4) is 0 Å². The van der Waals surface area contributed by atoms with Gasteiger partial charge in [0.05, 0.1) is 7.11 Å². The third-order valence-corrected chi connectivity index (χ3v) is 4.83. The Morgan fingerprint density at radius 2 is 1.15 bits per heavy atom. The van der Waals surface area contributed by atoms with Gasteiger partial charge in [0.1, 0.15) is 6.04 Å². The molecule has 0 spiro atoms. The standard InChI is InChI=1S/C23H23NO2/c1-26-22(25)21(24)17-23(18-11-5-2-6-12-18,19-13-7-3-8-14-19)20-15-9-4-10-16-20/h2-16,21H,17,24H2,1H3. The van der Waals surface area contributed by atoms with Crippen LogP contribution in [0.15, 0.2) is 91.0 Å². The highest BCUT2D eigenvalue weighted by Gasteiger charge is 2.39. The first-order valence-electron chi connectivity index (χ1n) is 8.68. The number of hydrogen-bond donors (Lipinski definition) is 1. The fourth-order valence-corrected chi connectivity index (χ4v) is 3.59. The molecule has 0 saturated heterocycles. The smallest absolute Gasteiger partial charge is 0.322 e. The molecule has 1 unspecified atom stereocenters. The van der Waals surface area contributed by atoms with E-state index in [2.05, 4.69) is 36.4 Å². The molecule has 3 aromatic carbocycles. The quantitative estimate of drug-likeness (QED) is 0.544. The lowest BCUT2D eigenvalue weighted by Crippen LogP contribution is -2.41. The highest BCUT2D eigenvalue weighted by atomic mass is 16.5. The summed E-state index contributed by atoms with van der Waals surface area (Å²) in [5.74, 6) is -0.405. The van der Waals surface area contributed by atoms with Crippen molar-refractivity contribution in [2.24, 2.45) is 5.73 Å². The van der Waals surface area contributed by atoms with Crippen LogP contribution in [0.25, 0.3) is 0 Å². The molecule has 0 amide bonds. The number of esters is 1. The summed E-state index contributed by atoms with van der Waals surface area (Å²) in [4.78, 5) is 12.1. The maximum Gasteiger partial charge on any atom is 0.322 e. The van der Waals surface area contributed by atoms with Crippen LogP contribution in [0.2, 0.25) is 0 Å². The van der Waals surface area contributed by atoms with Crippen LogP contribution in [0.4, 0.5) is 0 Å². The summed E-state index contributed by atoms with van der Waals surface area (Å²) in [6.07, 6.45) is 0.414. The van der Waals surface area contributed by atoms with Crippen LogP contribution in [-0.2, 0) is 14.9 Å². The predicted molar refractivity (Wildman–Crippen MR) is 104 cm³/mol. The van der Waals surface area contributed by atoms with E-state index in [9.17, 15) is 4.79 Å². The molecule has 2 N–H and O–H groups in total. The van der Waals surface area contributed by atoms with E-state index in [1.54, 1.807) is 0 Å². The van der Waals surface area contributed by atoms with Gasteiger partial charge in [-0.15, -0.1) is 0 Å². The van der Waals surface area contributed by atoms with Gasteiger partial charge in [0, 0.05) is 5.41 Å². The number of carbonyl (C=O) groups is 1. The topological polar surface area (TPSA) is 52.3 Å². The van der Waals surface area contributed by atoms with Crippen molar-refractivity contribution in [3.63, 3.8) is 0 Å². The number of hydrogen-bond acceptors (Lipinski definition) is 3. The van der Waals surface area contributed by atoms with Gasteiger partial charge in [-0.3, -0.25) is 4.79 Å². The normalized spacial score (nSPS) is 12.4. The Morgan fingerprint density at radius 1 is 0.808 bits per heavy atom. The lowest BCUT2D eigenvalue weighted by atomic mass is 9.66. The molecule has 0 heterocycles. The van der Waals surface area contributed by atoms with Crippen molar-refractivity contribution >= 4 is 5.97 Å². The lowest BCUT2D eigenvalue weighted by Gasteiger charge is -2.37. The Kier molecular flexibility index (Phi) is 5.49. The molecule has 0 aliphatic heterocycles. The van der Waals surface area contributed by atoms with Crippen molar-refractivity contribution in [2.75, 3.05) is 7.11 Å². The summed E-state index contributed by atoms with van der Waals surface area (Å²) in [6, 6.07) is 29.8. The summed E-state index contributed by atoms with van der Waals surface area (Å²) < 4.78 is 4.90. The van der Waals surface area contributed by atoms with Crippen LogP contribution in [0, 0.1) is 0 Å². The van der Waals surface area contributed by atoms with Gasteiger partial charge >= 0.3 is 5.97 Å². The number of benzene rings is 3.